The van der Waals surface area contributed by atoms with Gasteiger partial charge in [-0.25, -0.2) is 10.2 Å². The lowest BCUT2D eigenvalue weighted by atomic mass is 10.2. The molecule has 19 heavy (non-hydrogen) atoms. The summed E-state index contributed by atoms with van der Waals surface area (Å²) in [6.45, 7) is 4.99. The number of rotatable bonds is 7. The highest BCUT2D eigenvalue weighted by Crippen LogP contribution is 1.94. The van der Waals surface area contributed by atoms with Crippen molar-refractivity contribution in [1.82, 2.24) is 15.3 Å². The molecule has 0 aliphatic rings. The molecule has 7 heteroatoms. The summed E-state index contributed by atoms with van der Waals surface area (Å²) in [4.78, 5) is 28.2. The van der Waals surface area contributed by atoms with E-state index in [1.54, 1.807) is 0 Å². The van der Waals surface area contributed by atoms with Crippen LogP contribution in [0, 0.1) is 5.92 Å². The van der Waals surface area contributed by atoms with Gasteiger partial charge in [0.05, 0.1) is 19.8 Å². The van der Waals surface area contributed by atoms with Crippen molar-refractivity contribution in [2.24, 2.45) is 5.92 Å². The molecule has 0 fully saturated rings. The summed E-state index contributed by atoms with van der Waals surface area (Å²) in [7, 11) is 1.53. The van der Waals surface area contributed by atoms with Crippen molar-refractivity contribution in [2.75, 3.05) is 20.3 Å². The SMILES string of the molecule is COCCn1nc(C(=O)NOCC(C)C)ccc1=O. The third-order valence-electron chi connectivity index (χ3n) is 2.19. The molecule has 1 rings (SSSR count). The molecule has 1 amide bonds. The van der Waals surface area contributed by atoms with E-state index in [0.717, 1.165) is 0 Å². The number of nitrogens with zero attached hydrogens (tertiary/aromatic N) is 2. The first-order chi connectivity index (χ1) is 9.04. The molecule has 1 aromatic heterocycles. The zero-order valence-electron chi connectivity index (χ0n) is 11.4. The molecule has 7 nitrogen and oxygen atoms in total. The van der Waals surface area contributed by atoms with Crippen molar-refractivity contribution in [3.05, 3.63) is 28.2 Å². The van der Waals surface area contributed by atoms with Crippen molar-refractivity contribution >= 4 is 5.91 Å². The van der Waals surface area contributed by atoms with Crippen LogP contribution in [0.15, 0.2) is 16.9 Å². The second-order valence-electron chi connectivity index (χ2n) is 4.41. The van der Waals surface area contributed by atoms with Crippen LogP contribution in [0.1, 0.15) is 24.3 Å². The highest BCUT2D eigenvalue weighted by Gasteiger charge is 2.09. The number of carbonyl (C=O) groups excluding carboxylic acids is 1. The van der Waals surface area contributed by atoms with Gasteiger partial charge >= 0.3 is 0 Å². The molecule has 0 spiro atoms. The maximum atomic E-state index is 11.7. The Balaban J connectivity index is 2.67. The van der Waals surface area contributed by atoms with Crippen molar-refractivity contribution < 1.29 is 14.4 Å². The maximum absolute atomic E-state index is 11.7. The second-order valence-corrected chi connectivity index (χ2v) is 4.41. The molecular weight excluding hydrogens is 250 g/mol. The van der Waals surface area contributed by atoms with Crippen LogP contribution in [0.25, 0.3) is 0 Å². The Hall–Kier alpha value is -1.73. The van der Waals surface area contributed by atoms with Crippen molar-refractivity contribution in [2.45, 2.75) is 20.4 Å². The monoisotopic (exact) mass is 269 g/mol. The quantitative estimate of drug-likeness (QED) is 0.715. The molecule has 0 aromatic carbocycles. The predicted octanol–water partition coefficient (Wildman–Crippen LogP) is 0.207. The fourth-order valence-electron chi connectivity index (χ4n) is 1.23. The lowest BCUT2D eigenvalue weighted by Crippen LogP contribution is -2.31. The van der Waals surface area contributed by atoms with Crippen LogP contribution in [0.2, 0.25) is 0 Å². The summed E-state index contributed by atoms with van der Waals surface area (Å²) in [6, 6.07) is 2.65. The van der Waals surface area contributed by atoms with Crippen LogP contribution in [-0.4, -0.2) is 36.0 Å². The average Bonchev–Trinajstić information content (AvgIpc) is 2.37. The van der Waals surface area contributed by atoms with E-state index in [0.29, 0.717) is 25.7 Å². The van der Waals surface area contributed by atoms with Crippen LogP contribution < -0.4 is 11.0 Å². The molecule has 0 saturated carbocycles. The van der Waals surface area contributed by atoms with Gasteiger partial charge in [-0.05, 0) is 12.0 Å². The van der Waals surface area contributed by atoms with Gasteiger partial charge in [0.2, 0.25) is 0 Å². The lowest BCUT2D eigenvalue weighted by Gasteiger charge is -2.08. The van der Waals surface area contributed by atoms with E-state index in [4.69, 9.17) is 9.57 Å². The number of methoxy groups -OCH3 is 1. The molecule has 0 unspecified atom stereocenters. The summed E-state index contributed by atoms with van der Waals surface area (Å²) in [5.41, 5.74) is 2.13. The Morgan fingerprint density at radius 1 is 1.47 bits per heavy atom. The van der Waals surface area contributed by atoms with Gasteiger partial charge in [0, 0.05) is 13.2 Å². The third kappa shape index (κ3) is 5.19. The Bertz CT molecular complexity index is 470. The van der Waals surface area contributed by atoms with E-state index in [9.17, 15) is 9.59 Å². The Kier molecular flexibility index (Phi) is 6.17. The molecule has 106 valence electrons. The topological polar surface area (TPSA) is 82.5 Å². The largest absolute Gasteiger partial charge is 0.383 e. The minimum absolute atomic E-state index is 0.124. The number of nitrogens with one attached hydrogen (secondary N) is 1. The normalized spacial score (nSPS) is 10.7. The first-order valence-corrected chi connectivity index (χ1v) is 6.04. The van der Waals surface area contributed by atoms with Gasteiger partial charge in [-0.2, -0.15) is 5.10 Å². The Morgan fingerprint density at radius 2 is 2.21 bits per heavy atom. The van der Waals surface area contributed by atoms with Crippen molar-refractivity contribution in [1.29, 1.82) is 0 Å². The summed E-state index contributed by atoms with van der Waals surface area (Å²) < 4.78 is 6.05. The van der Waals surface area contributed by atoms with Crippen LogP contribution in [0.4, 0.5) is 0 Å². The number of ether oxygens (including phenoxy) is 1. The number of carbonyl (C=O) groups is 1. The van der Waals surface area contributed by atoms with E-state index in [1.807, 2.05) is 13.8 Å². The zero-order valence-corrected chi connectivity index (χ0v) is 11.4. The zero-order chi connectivity index (χ0) is 14.3. The van der Waals surface area contributed by atoms with Gasteiger partial charge in [-0.3, -0.25) is 14.4 Å². The van der Waals surface area contributed by atoms with Crippen LogP contribution >= 0.6 is 0 Å². The minimum atomic E-state index is -0.480. The van der Waals surface area contributed by atoms with Gasteiger partial charge in [0.1, 0.15) is 0 Å². The molecule has 0 saturated heterocycles. The molecule has 1 aromatic rings. The standard InChI is InChI=1S/C12H19N3O4/c1-9(2)8-19-14-12(17)10-4-5-11(16)15(13-10)6-7-18-3/h4-5,9H,6-8H2,1-3H3,(H,14,17). The number of hydroxylamine groups is 1. The average molecular weight is 269 g/mol. The maximum Gasteiger partial charge on any atom is 0.295 e. The van der Waals surface area contributed by atoms with E-state index >= 15 is 0 Å². The number of amides is 1. The van der Waals surface area contributed by atoms with Gasteiger partial charge in [-0.1, -0.05) is 13.8 Å². The minimum Gasteiger partial charge on any atom is -0.383 e. The number of aromatic nitrogens is 2. The molecule has 0 bridgehead atoms. The smallest absolute Gasteiger partial charge is 0.295 e. The summed E-state index contributed by atoms with van der Waals surface area (Å²) in [6.07, 6.45) is 0. The molecule has 0 aliphatic heterocycles. The Labute approximate surface area is 111 Å². The number of hydrogen-bond donors (Lipinski definition) is 1. The molecule has 1 heterocycles. The van der Waals surface area contributed by atoms with Crippen LogP contribution in [-0.2, 0) is 16.1 Å². The second kappa shape index (κ2) is 7.65. The van der Waals surface area contributed by atoms with Gasteiger partial charge in [0.15, 0.2) is 5.69 Å². The predicted molar refractivity (Wildman–Crippen MR) is 68.6 cm³/mol. The van der Waals surface area contributed by atoms with Crippen molar-refractivity contribution in [3.8, 4) is 0 Å². The van der Waals surface area contributed by atoms with Crippen LogP contribution in [0.5, 0.6) is 0 Å². The van der Waals surface area contributed by atoms with Crippen LogP contribution in [0.3, 0.4) is 0 Å². The fourth-order valence-corrected chi connectivity index (χ4v) is 1.23. The summed E-state index contributed by atoms with van der Waals surface area (Å²) in [5, 5.41) is 3.94. The highest BCUT2D eigenvalue weighted by atomic mass is 16.6. The fraction of sp³-hybridized carbons (Fsp3) is 0.583. The number of hydrogen-bond acceptors (Lipinski definition) is 5. The Morgan fingerprint density at radius 3 is 2.84 bits per heavy atom. The summed E-state index contributed by atoms with van der Waals surface area (Å²) in [5.74, 6) is -0.171. The molecular formula is C12H19N3O4. The summed E-state index contributed by atoms with van der Waals surface area (Å²) >= 11 is 0. The first-order valence-electron chi connectivity index (χ1n) is 6.04. The molecule has 0 aliphatic carbocycles. The highest BCUT2D eigenvalue weighted by molar-refractivity contribution is 5.91. The molecule has 0 radical (unpaired) electrons. The molecule has 1 N–H and O–H groups in total. The van der Waals surface area contributed by atoms with E-state index in [-0.39, 0.29) is 11.3 Å². The van der Waals surface area contributed by atoms with E-state index in [1.165, 1.54) is 23.9 Å². The van der Waals surface area contributed by atoms with E-state index < -0.39 is 5.91 Å². The lowest BCUT2D eigenvalue weighted by molar-refractivity contribution is 0.0202. The van der Waals surface area contributed by atoms with Gasteiger partial charge < -0.3 is 4.74 Å². The first kappa shape index (κ1) is 15.3. The van der Waals surface area contributed by atoms with Gasteiger partial charge in [0.25, 0.3) is 11.5 Å². The molecule has 0 atom stereocenters. The van der Waals surface area contributed by atoms with E-state index in [2.05, 4.69) is 10.6 Å². The third-order valence-corrected chi connectivity index (χ3v) is 2.19. The van der Waals surface area contributed by atoms with Gasteiger partial charge in [-0.15, -0.1) is 0 Å². The van der Waals surface area contributed by atoms with Crippen molar-refractivity contribution in [3.63, 3.8) is 0 Å².